The zero-order chi connectivity index (χ0) is 17.0. The molecule has 0 spiro atoms. The number of ether oxygens (including phenoxy) is 2. The highest BCUT2D eigenvalue weighted by molar-refractivity contribution is 7.46. The van der Waals surface area contributed by atoms with Crippen LogP contribution in [0.4, 0.5) is 5.69 Å². The standard InChI is InChI=1S/C13H12NO8P/c1-20-9-2-4-10(5-3-9)21-11-6-7-12(14(15)16)13(8-11)22-23(17,18)19/h2-8H,1H3,(H2,17,18,19). The summed E-state index contributed by atoms with van der Waals surface area (Å²) in [6.07, 6.45) is 0. The van der Waals surface area contributed by atoms with Crippen LogP contribution in [0.15, 0.2) is 42.5 Å². The Morgan fingerprint density at radius 2 is 1.61 bits per heavy atom. The number of benzene rings is 2. The third kappa shape index (κ3) is 4.68. The second-order valence-electron chi connectivity index (χ2n) is 4.25. The molecule has 0 aliphatic heterocycles. The Hall–Kier alpha value is -2.61. The van der Waals surface area contributed by atoms with Crippen molar-refractivity contribution in [2.75, 3.05) is 7.11 Å². The van der Waals surface area contributed by atoms with Crippen LogP contribution in [0.2, 0.25) is 0 Å². The summed E-state index contributed by atoms with van der Waals surface area (Å²) < 4.78 is 25.7. The van der Waals surface area contributed by atoms with Crippen molar-refractivity contribution < 1.29 is 33.3 Å². The smallest absolute Gasteiger partial charge is 0.497 e. The minimum atomic E-state index is -4.94. The molecule has 0 amide bonds. The first-order valence-corrected chi connectivity index (χ1v) is 7.67. The van der Waals surface area contributed by atoms with Gasteiger partial charge in [0.05, 0.1) is 12.0 Å². The molecule has 0 radical (unpaired) electrons. The first-order valence-electron chi connectivity index (χ1n) is 6.14. The quantitative estimate of drug-likeness (QED) is 0.466. The molecule has 2 aromatic rings. The van der Waals surface area contributed by atoms with Gasteiger partial charge in [-0.1, -0.05) is 0 Å². The lowest BCUT2D eigenvalue weighted by atomic mass is 10.2. The summed E-state index contributed by atoms with van der Waals surface area (Å²) in [6.45, 7) is 0. The molecule has 0 aliphatic rings. The minimum absolute atomic E-state index is 0.115. The number of phosphoric ester groups is 1. The third-order valence-corrected chi connectivity index (χ3v) is 3.07. The zero-order valence-electron chi connectivity index (χ0n) is 11.8. The lowest BCUT2D eigenvalue weighted by Crippen LogP contribution is -1.97. The number of phosphoric acid groups is 1. The van der Waals surface area contributed by atoms with Gasteiger partial charge in [0, 0.05) is 12.1 Å². The van der Waals surface area contributed by atoms with Crippen molar-refractivity contribution in [2.24, 2.45) is 0 Å². The zero-order valence-corrected chi connectivity index (χ0v) is 12.7. The van der Waals surface area contributed by atoms with Crippen molar-refractivity contribution in [3.05, 3.63) is 52.6 Å². The molecule has 0 unspecified atom stereocenters. The van der Waals surface area contributed by atoms with Crippen molar-refractivity contribution in [2.45, 2.75) is 0 Å². The minimum Gasteiger partial charge on any atom is -0.497 e. The summed E-state index contributed by atoms with van der Waals surface area (Å²) in [5.41, 5.74) is -0.588. The highest BCUT2D eigenvalue weighted by Crippen LogP contribution is 2.43. The van der Waals surface area contributed by atoms with E-state index in [0.717, 1.165) is 12.1 Å². The molecule has 122 valence electrons. The van der Waals surface area contributed by atoms with Crippen molar-refractivity contribution in [1.29, 1.82) is 0 Å². The van der Waals surface area contributed by atoms with Crippen molar-refractivity contribution in [1.82, 2.24) is 0 Å². The van der Waals surface area contributed by atoms with E-state index in [1.807, 2.05) is 0 Å². The third-order valence-electron chi connectivity index (χ3n) is 2.64. The van der Waals surface area contributed by atoms with Crippen molar-refractivity contribution in [3.63, 3.8) is 0 Å². The van der Waals surface area contributed by atoms with E-state index in [9.17, 15) is 14.7 Å². The first kappa shape index (κ1) is 16.8. The van der Waals surface area contributed by atoms with Gasteiger partial charge >= 0.3 is 13.5 Å². The number of hydrogen-bond acceptors (Lipinski definition) is 6. The van der Waals surface area contributed by atoms with E-state index >= 15 is 0 Å². The molecule has 23 heavy (non-hydrogen) atoms. The highest BCUT2D eigenvalue weighted by atomic mass is 31.2. The maximum absolute atomic E-state index is 10.9. The summed E-state index contributed by atoms with van der Waals surface area (Å²) in [7, 11) is -3.43. The van der Waals surface area contributed by atoms with Crippen LogP contribution in [0, 0.1) is 10.1 Å². The van der Waals surface area contributed by atoms with Gasteiger partial charge in [-0.05, 0) is 30.3 Å². The molecule has 0 fully saturated rings. The predicted molar refractivity (Wildman–Crippen MR) is 78.8 cm³/mol. The second kappa shape index (κ2) is 6.66. The molecule has 2 aromatic carbocycles. The molecule has 0 heterocycles. The van der Waals surface area contributed by atoms with E-state index in [-0.39, 0.29) is 5.75 Å². The fraction of sp³-hybridized carbons (Fsp3) is 0.0769. The van der Waals surface area contributed by atoms with Gasteiger partial charge in [0.1, 0.15) is 17.2 Å². The van der Waals surface area contributed by atoms with Crippen LogP contribution in [-0.2, 0) is 4.57 Å². The van der Waals surface area contributed by atoms with E-state index in [1.165, 1.54) is 13.2 Å². The molecule has 0 aliphatic carbocycles. The molecule has 0 atom stereocenters. The van der Waals surface area contributed by atoms with Gasteiger partial charge in [0.2, 0.25) is 5.75 Å². The Bertz CT molecular complexity index is 755. The largest absolute Gasteiger partial charge is 0.525 e. The molecule has 0 saturated carbocycles. The highest BCUT2D eigenvalue weighted by Gasteiger charge is 2.24. The summed E-state index contributed by atoms with van der Waals surface area (Å²) >= 11 is 0. The Balaban J connectivity index is 2.30. The van der Waals surface area contributed by atoms with Gasteiger partial charge in [-0.15, -0.1) is 0 Å². The SMILES string of the molecule is COc1ccc(Oc2ccc([N+](=O)[O-])c(OP(=O)(O)O)c2)cc1. The number of hydrogen-bond donors (Lipinski definition) is 2. The molecule has 0 bridgehead atoms. The fourth-order valence-corrected chi connectivity index (χ4v) is 2.09. The summed E-state index contributed by atoms with van der Waals surface area (Å²) in [6, 6.07) is 9.84. The number of nitrogens with zero attached hydrogens (tertiary/aromatic N) is 1. The van der Waals surface area contributed by atoms with E-state index in [0.29, 0.717) is 11.5 Å². The average molecular weight is 341 g/mol. The van der Waals surface area contributed by atoms with Crippen LogP contribution in [0.3, 0.4) is 0 Å². The maximum Gasteiger partial charge on any atom is 0.525 e. The predicted octanol–water partition coefficient (Wildman–Crippen LogP) is 2.87. The molecule has 2 rings (SSSR count). The maximum atomic E-state index is 10.9. The fourth-order valence-electron chi connectivity index (χ4n) is 1.69. The van der Waals surface area contributed by atoms with E-state index < -0.39 is 24.2 Å². The molecule has 0 saturated heterocycles. The summed E-state index contributed by atoms with van der Waals surface area (Å²) in [4.78, 5) is 27.7. The average Bonchev–Trinajstić information content (AvgIpc) is 2.46. The summed E-state index contributed by atoms with van der Waals surface area (Å²) in [5, 5.41) is 10.9. The van der Waals surface area contributed by atoms with Crippen LogP contribution in [0.25, 0.3) is 0 Å². The lowest BCUT2D eigenvalue weighted by molar-refractivity contribution is -0.385. The normalized spacial score (nSPS) is 10.9. The number of methoxy groups -OCH3 is 1. The van der Waals surface area contributed by atoms with Crippen LogP contribution in [0.1, 0.15) is 0 Å². The number of nitro groups is 1. The Labute approximate surface area is 130 Å². The van der Waals surface area contributed by atoms with Crippen LogP contribution < -0.4 is 14.0 Å². The van der Waals surface area contributed by atoms with Gasteiger partial charge in [-0.3, -0.25) is 19.9 Å². The Morgan fingerprint density at radius 1 is 1.04 bits per heavy atom. The molecule has 0 aromatic heterocycles. The van der Waals surface area contributed by atoms with Crippen LogP contribution in [-0.4, -0.2) is 21.8 Å². The van der Waals surface area contributed by atoms with Crippen LogP contribution >= 0.6 is 7.82 Å². The Kier molecular flexibility index (Phi) is 4.85. The Morgan fingerprint density at radius 3 is 2.13 bits per heavy atom. The monoisotopic (exact) mass is 341 g/mol. The molecule has 10 heteroatoms. The van der Waals surface area contributed by atoms with Gasteiger partial charge in [-0.25, -0.2) is 4.57 Å². The van der Waals surface area contributed by atoms with Gasteiger partial charge in [0.15, 0.2) is 0 Å². The van der Waals surface area contributed by atoms with Gasteiger partial charge < -0.3 is 14.0 Å². The molecular weight excluding hydrogens is 329 g/mol. The topological polar surface area (TPSA) is 128 Å². The molecular formula is C13H12NO8P. The number of rotatable bonds is 6. The van der Waals surface area contributed by atoms with Gasteiger partial charge in [0.25, 0.3) is 0 Å². The number of nitro benzene ring substituents is 1. The lowest BCUT2D eigenvalue weighted by Gasteiger charge is -2.10. The molecule has 2 N–H and O–H groups in total. The van der Waals surface area contributed by atoms with E-state index in [1.54, 1.807) is 24.3 Å². The summed E-state index contributed by atoms with van der Waals surface area (Å²) in [5.74, 6) is 0.548. The van der Waals surface area contributed by atoms with Crippen molar-refractivity contribution >= 4 is 13.5 Å². The molecule has 9 nitrogen and oxygen atoms in total. The first-order chi connectivity index (χ1) is 10.8. The second-order valence-corrected chi connectivity index (χ2v) is 5.41. The van der Waals surface area contributed by atoms with E-state index in [4.69, 9.17) is 19.3 Å². The van der Waals surface area contributed by atoms with Gasteiger partial charge in [-0.2, -0.15) is 0 Å². The van der Waals surface area contributed by atoms with Crippen LogP contribution in [0.5, 0.6) is 23.0 Å². The van der Waals surface area contributed by atoms with E-state index in [2.05, 4.69) is 4.52 Å². The van der Waals surface area contributed by atoms with Crippen molar-refractivity contribution in [3.8, 4) is 23.0 Å².